The average Bonchev–Trinajstić information content (AvgIpc) is 2.74. The number of morpholine rings is 1. The molecule has 1 aromatic rings. The van der Waals surface area contributed by atoms with Gasteiger partial charge in [-0.1, -0.05) is 0 Å². The van der Waals surface area contributed by atoms with E-state index in [0.717, 1.165) is 0 Å². The fraction of sp³-hybridized carbons (Fsp3) is 0.545. The monoisotopic (exact) mass is 253 g/mol. The number of aliphatic carboxylic acids is 1. The molecule has 1 aliphatic heterocycles. The van der Waals surface area contributed by atoms with E-state index in [4.69, 9.17) is 9.84 Å². The fourth-order valence-electron chi connectivity index (χ4n) is 1.97. The smallest absolute Gasteiger partial charge is 0.306 e. The highest BCUT2D eigenvalue weighted by Gasteiger charge is 2.27. The molecule has 2 heterocycles. The largest absolute Gasteiger partial charge is 0.481 e. The first kappa shape index (κ1) is 12.6. The molecule has 0 radical (unpaired) electrons. The van der Waals surface area contributed by atoms with Crippen LogP contribution >= 0.6 is 0 Å². The minimum atomic E-state index is -0.921. The molecule has 1 unspecified atom stereocenters. The molecule has 0 saturated carbocycles. The van der Waals surface area contributed by atoms with Gasteiger partial charge in [0.2, 0.25) is 0 Å². The van der Waals surface area contributed by atoms with Crippen molar-refractivity contribution in [3.05, 3.63) is 18.0 Å². The molecule has 0 spiro atoms. The van der Waals surface area contributed by atoms with Gasteiger partial charge < -0.3 is 14.7 Å². The van der Waals surface area contributed by atoms with Crippen molar-refractivity contribution in [3.8, 4) is 0 Å². The zero-order valence-corrected chi connectivity index (χ0v) is 10.1. The van der Waals surface area contributed by atoms with Crippen molar-refractivity contribution in [3.63, 3.8) is 0 Å². The van der Waals surface area contributed by atoms with Crippen LogP contribution in [0.1, 0.15) is 16.9 Å². The molecule has 1 aromatic heterocycles. The normalized spacial score (nSPS) is 19.8. The van der Waals surface area contributed by atoms with E-state index in [1.807, 2.05) is 0 Å². The highest BCUT2D eigenvalue weighted by molar-refractivity contribution is 5.92. The van der Waals surface area contributed by atoms with Crippen LogP contribution in [-0.4, -0.2) is 57.5 Å². The fourth-order valence-corrected chi connectivity index (χ4v) is 1.97. The summed E-state index contributed by atoms with van der Waals surface area (Å²) in [5.74, 6) is -1.07. The molecule has 7 heteroatoms. The maximum atomic E-state index is 12.2. The maximum Gasteiger partial charge on any atom is 0.306 e. The van der Waals surface area contributed by atoms with Crippen LogP contribution in [0.25, 0.3) is 0 Å². The summed E-state index contributed by atoms with van der Waals surface area (Å²) in [6.45, 7) is 1.14. The number of aromatic nitrogens is 2. The third kappa shape index (κ3) is 2.67. The van der Waals surface area contributed by atoms with Crippen LogP contribution in [-0.2, 0) is 16.6 Å². The SMILES string of the molecule is Cn1nccc1C(=O)N1CCOC(CC(=O)O)C1. The first-order valence-corrected chi connectivity index (χ1v) is 5.68. The number of carboxylic acids is 1. The van der Waals surface area contributed by atoms with Crippen molar-refractivity contribution in [2.24, 2.45) is 7.05 Å². The molecular weight excluding hydrogens is 238 g/mol. The lowest BCUT2D eigenvalue weighted by atomic mass is 10.2. The Balaban J connectivity index is 2.03. The van der Waals surface area contributed by atoms with Gasteiger partial charge in [-0.15, -0.1) is 0 Å². The standard InChI is InChI=1S/C11H15N3O4/c1-13-9(2-3-12-13)11(17)14-4-5-18-8(7-14)6-10(15)16/h2-3,8H,4-7H2,1H3,(H,15,16). The molecule has 1 fully saturated rings. The maximum absolute atomic E-state index is 12.2. The Morgan fingerprint density at radius 2 is 2.39 bits per heavy atom. The Hall–Kier alpha value is -1.89. The summed E-state index contributed by atoms with van der Waals surface area (Å²) >= 11 is 0. The molecule has 0 bridgehead atoms. The van der Waals surface area contributed by atoms with E-state index < -0.39 is 12.1 Å². The number of carboxylic acid groups (broad SMARTS) is 1. The average molecular weight is 253 g/mol. The lowest BCUT2D eigenvalue weighted by Gasteiger charge is -2.32. The minimum absolute atomic E-state index is 0.0881. The first-order chi connectivity index (χ1) is 8.58. The van der Waals surface area contributed by atoms with Gasteiger partial charge in [0.15, 0.2) is 0 Å². The van der Waals surface area contributed by atoms with Gasteiger partial charge in [-0.25, -0.2) is 0 Å². The van der Waals surface area contributed by atoms with E-state index in [-0.39, 0.29) is 12.3 Å². The number of carbonyl (C=O) groups is 2. The van der Waals surface area contributed by atoms with E-state index in [1.54, 1.807) is 24.2 Å². The second-order valence-electron chi connectivity index (χ2n) is 4.18. The van der Waals surface area contributed by atoms with Gasteiger partial charge in [0, 0.05) is 26.3 Å². The Morgan fingerprint density at radius 3 is 3.00 bits per heavy atom. The third-order valence-electron chi connectivity index (χ3n) is 2.87. The molecule has 2 rings (SSSR count). The van der Waals surface area contributed by atoms with Crippen LogP contribution in [0.3, 0.4) is 0 Å². The van der Waals surface area contributed by atoms with Crippen molar-refractivity contribution in [2.75, 3.05) is 19.7 Å². The Morgan fingerprint density at radius 1 is 1.61 bits per heavy atom. The van der Waals surface area contributed by atoms with E-state index in [9.17, 15) is 9.59 Å². The lowest BCUT2D eigenvalue weighted by Crippen LogP contribution is -2.46. The Labute approximate surface area is 104 Å². The van der Waals surface area contributed by atoms with Crippen LogP contribution in [0, 0.1) is 0 Å². The zero-order valence-electron chi connectivity index (χ0n) is 10.1. The molecule has 1 N–H and O–H groups in total. The zero-order chi connectivity index (χ0) is 13.1. The first-order valence-electron chi connectivity index (χ1n) is 5.68. The summed E-state index contributed by atoms with van der Waals surface area (Å²) in [5, 5.41) is 12.7. The predicted molar refractivity (Wildman–Crippen MR) is 61.1 cm³/mol. The van der Waals surface area contributed by atoms with Crippen molar-refractivity contribution in [1.29, 1.82) is 0 Å². The molecule has 1 aliphatic rings. The molecule has 7 nitrogen and oxygen atoms in total. The molecule has 0 aliphatic carbocycles. The number of carbonyl (C=O) groups excluding carboxylic acids is 1. The van der Waals surface area contributed by atoms with Gasteiger partial charge in [0.1, 0.15) is 5.69 Å². The molecule has 0 aromatic carbocycles. The number of nitrogens with zero attached hydrogens (tertiary/aromatic N) is 3. The summed E-state index contributed by atoms with van der Waals surface area (Å²) in [6, 6.07) is 1.64. The summed E-state index contributed by atoms with van der Waals surface area (Å²) in [6.07, 6.45) is 1.03. The quantitative estimate of drug-likeness (QED) is 0.802. The van der Waals surface area contributed by atoms with Crippen LogP contribution in [0.4, 0.5) is 0 Å². The minimum Gasteiger partial charge on any atom is -0.481 e. The van der Waals surface area contributed by atoms with Gasteiger partial charge in [-0.3, -0.25) is 14.3 Å². The molecule has 18 heavy (non-hydrogen) atoms. The van der Waals surface area contributed by atoms with Gasteiger partial charge >= 0.3 is 5.97 Å². The van der Waals surface area contributed by atoms with Crippen molar-refractivity contribution >= 4 is 11.9 Å². The summed E-state index contributed by atoms with van der Waals surface area (Å²) in [5.41, 5.74) is 0.492. The van der Waals surface area contributed by atoms with Gasteiger partial charge in [0.25, 0.3) is 5.91 Å². The van der Waals surface area contributed by atoms with Crippen molar-refractivity contribution < 1.29 is 19.4 Å². The third-order valence-corrected chi connectivity index (χ3v) is 2.87. The highest BCUT2D eigenvalue weighted by Crippen LogP contribution is 2.12. The van der Waals surface area contributed by atoms with Crippen molar-refractivity contribution in [1.82, 2.24) is 14.7 Å². The molecule has 1 amide bonds. The van der Waals surface area contributed by atoms with Gasteiger partial charge in [-0.2, -0.15) is 5.10 Å². The Kier molecular flexibility index (Phi) is 3.61. The number of rotatable bonds is 3. The van der Waals surface area contributed by atoms with Crippen LogP contribution in [0.5, 0.6) is 0 Å². The van der Waals surface area contributed by atoms with E-state index in [0.29, 0.717) is 25.4 Å². The lowest BCUT2D eigenvalue weighted by molar-refractivity contribution is -0.141. The van der Waals surface area contributed by atoms with Crippen molar-refractivity contribution in [2.45, 2.75) is 12.5 Å². The topological polar surface area (TPSA) is 84.7 Å². The second-order valence-corrected chi connectivity index (χ2v) is 4.18. The van der Waals surface area contributed by atoms with Gasteiger partial charge in [0.05, 0.1) is 19.1 Å². The number of hydrogen-bond acceptors (Lipinski definition) is 4. The Bertz CT molecular complexity index is 457. The number of hydrogen-bond donors (Lipinski definition) is 1. The van der Waals surface area contributed by atoms with Crippen LogP contribution in [0.2, 0.25) is 0 Å². The van der Waals surface area contributed by atoms with Crippen LogP contribution < -0.4 is 0 Å². The predicted octanol–water partition coefficient (Wildman–Crippen LogP) is -0.264. The molecule has 1 saturated heterocycles. The molecular formula is C11H15N3O4. The second kappa shape index (κ2) is 5.18. The number of ether oxygens (including phenoxy) is 1. The van der Waals surface area contributed by atoms with E-state index >= 15 is 0 Å². The van der Waals surface area contributed by atoms with E-state index in [1.165, 1.54) is 4.68 Å². The van der Waals surface area contributed by atoms with Crippen LogP contribution in [0.15, 0.2) is 12.3 Å². The molecule has 98 valence electrons. The van der Waals surface area contributed by atoms with Gasteiger partial charge in [-0.05, 0) is 6.07 Å². The number of amides is 1. The highest BCUT2D eigenvalue weighted by atomic mass is 16.5. The van der Waals surface area contributed by atoms with E-state index in [2.05, 4.69) is 5.10 Å². The molecule has 1 atom stereocenters. The summed E-state index contributed by atoms with van der Waals surface area (Å²) in [4.78, 5) is 24.4. The summed E-state index contributed by atoms with van der Waals surface area (Å²) in [7, 11) is 1.70. The number of aryl methyl sites for hydroxylation is 1. The summed E-state index contributed by atoms with van der Waals surface area (Å²) < 4.78 is 6.82.